The molecule has 0 amide bonds. The fourth-order valence-corrected chi connectivity index (χ4v) is 1.42. The molecular formula is C11H15FN2. The number of halogens is 1. The monoisotopic (exact) mass is 194 g/mol. The summed E-state index contributed by atoms with van der Waals surface area (Å²) in [6.07, 6.45) is 0.609. The van der Waals surface area contributed by atoms with Crippen molar-refractivity contribution in [3.63, 3.8) is 0 Å². The van der Waals surface area contributed by atoms with E-state index < -0.39 is 0 Å². The van der Waals surface area contributed by atoms with E-state index in [9.17, 15) is 4.39 Å². The SMILES string of the molecule is CCC(=N)c1cc(C)cc(F)c1NC. The van der Waals surface area contributed by atoms with Gasteiger partial charge in [0.15, 0.2) is 0 Å². The summed E-state index contributed by atoms with van der Waals surface area (Å²) in [5.74, 6) is -0.291. The Labute approximate surface area is 83.7 Å². The second-order valence-corrected chi connectivity index (χ2v) is 3.25. The van der Waals surface area contributed by atoms with Crippen LogP contribution in [0, 0.1) is 18.2 Å². The third-order valence-electron chi connectivity index (χ3n) is 2.16. The highest BCUT2D eigenvalue weighted by Gasteiger charge is 2.10. The Hall–Kier alpha value is -1.38. The molecule has 0 unspecified atom stereocenters. The van der Waals surface area contributed by atoms with Gasteiger partial charge in [-0.3, -0.25) is 0 Å². The van der Waals surface area contributed by atoms with Crippen molar-refractivity contribution in [3.05, 3.63) is 29.1 Å². The van der Waals surface area contributed by atoms with E-state index in [1.807, 2.05) is 19.9 Å². The van der Waals surface area contributed by atoms with Gasteiger partial charge in [-0.15, -0.1) is 0 Å². The van der Waals surface area contributed by atoms with E-state index in [-0.39, 0.29) is 5.82 Å². The molecule has 0 aliphatic carbocycles. The van der Waals surface area contributed by atoms with Crippen LogP contribution in [-0.4, -0.2) is 12.8 Å². The Bertz CT molecular complexity index is 359. The van der Waals surface area contributed by atoms with Crippen LogP contribution in [0.25, 0.3) is 0 Å². The third-order valence-corrected chi connectivity index (χ3v) is 2.16. The van der Waals surface area contributed by atoms with Crippen LogP contribution in [0.5, 0.6) is 0 Å². The van der Waals surface area contributed by atoms with E-state index in [4.69, 9.17) is 5.41 Å². The molecule has 76 valence electrons. The Morgan fingerprint density at radius 2 is 2.14 bits per heavy atom. The number of nitrogens with one attached hydrogen (secondary N) is 2. The molecule has 0 heterocycles. The van der Waals surface area contributed by atoms with Crippen LogP contribution in [0.15, 0.2) is 12.1 Å². The highest BCUT2D eigenvalue weighted by atomic mass is 19.1. The van der Waals surface area contributed by atoms with Gasteiger partial charge in [-0.05, 0) is 31.0 Å². The molecule has 0 aliphatic rings. The van der Waals surface area contributed by atoms with Gasteiger partial charge in [0.2, 0.25) is 0 Å². The van der Waals surface area contributed by atoms with Crippen LogP contribution in [0.4, 0.5) is 10.1 Å². The van der Waals surface area contributed by atoms with Gasteiger partial charge in [-0.2, -0.15) is 0 Å². The first-order valence-corrected chi connectivity index (χ1v) is 4.65. The van der Waals surface area contributed by atoms with Gasteiger partial charge in [0.05, 0.1) is 5.69 Å². The standard InChI is InChI=1S/C11H15FN2/c1-4-10(13)8-5-7(2)6-9(12)11(8)14-3/h5-6,13-14H,4H2,1-3H3. The summed E-state index contributed by atoms with van der Waals surface area (Å²) in [7, 11) is 1.67. The molecule has 2 N–H and O–H groups in total. The van der Waals surface area contributed by atoms with E-state index in [1.54, 1.807) is 7.05 Å². The molecule has 0 spiro atoms. The summed E-state index contributed by atoms with van der Waals surface area (Å²) in [6, 6.07) is 3.30. The quantitative estimate of drug-likeness (QED) is 0.713. The van der Waals surface area contributed by atoms with Gasteiger partial charge < -0.3 is 10.7 Å². The zero-order valence-corrected chi connectivity index (χ0v) is 8.74. The number of hydrogen-bond donors (Lipinski definition) is 2. The molecule has 0 saturated heterocycles. The summed E-state index contributed by atoms with van der Waals surface area (Å²) in [5.41, 5.74) is 2.38. The van der Waals surface area contributed by atoms with Crippen molar-refractivity contribution in [2.75, 3.05) is 12.4 Å². The molecule has 2 nitrogen and oxygen atoms in total. The minimum atomic E-state index is -0.291. The minimum absolute atomic E-state index is 0.291. The lowest BCUT2D eigenvalue weighted by Gasteiger charge is -2.11. The average Bonchev–Trinajstić information content (AvgIpc) is 2.15. The molecule has 0 bridgehead atoms. The first kappa shape index (κ1) is 10.7. The minimum Gasteiger partial charge on any atom is -0.385 e. The predicted octanol–water partition coefficient (Wildman–Crippen LogP) is 2.95. The lowest BCUT2D eigenvalue weighted by Crippen LogP contribution is -2.05. The largest absolute Gasteiger partial charge is 0.385 e. The molecular weight excluding hydrogens is 179 g/mol. The summed E-state index contributed by atoms with van der Waals surface area (Å²) in [5, 5.41) is 10.5. The second-order valence-electron chi connectivity index (χ2n) is 3.25. The van der Waals surface area contributed by atoms with Crippen LogP contribution < -0.4 is 5.32 Å². The third kappa shape index (κ3) is 1.92. The number of rotatable bonds is 3. The molecule has 1 aromatic rings. The van der Waals surface area contributed by atoms with E-state index in [2.05, 4.69) is 5.32 Å². The van der Waals surface area contributed by atoms with Crippen molar-refractivity contribution in [2.24, 2.45) is 0 Å². The molecule has 1 rings (SSSR count). The van der Waals surface area contributed by atoms with Gasteiger partial charge in [0.1, 0.15) is 5.82 Å². The fourth-order valence-electron chi connectivity index (χ4n) is 1.42. The number of aryl methyl sites for hydroxylation is 1. The molecule has 0 saturated carbocycles. The fraction of sp³-hybridized carbons (Fsp3) is 0.364. The first-order chi connectivity index (χ1) is 6.60. The highest BCUT2D eigenvalue weighted by Crippen LogP contribution is 2.22. The number of hydrogen-bond acceptors (Lipinski definition) is 2. The van der Waals surface area contributed by atoms with Crippen molar-refractivity contribution in [1.29, 1.82) is 5.41 Å². The van der Waals surface area contributed by atoms with E-state index in [1.165, 1.54) is 6.07 Å². The summed E-state index contributed by atoms with van der Waals surface area (Å²) in [6.45, 7) is 3.72. The zero-order chi connectivity index (χ0) is 10.7. The van der Waals surface area contributed by atoms with Crippen LogP contribution in [-0.2, 0) is 0 Å². The normalized spacial score (nSPS) is 10.0. The van der Waals surface area contributed by atoms with Gasteiger partial charge in [-0.1, -0.05) is 6.92 Å². The summed E-state index contributed by atoms with van der Waals surface area (Å²) in [4.78, 5) is 0. The lowest BCUT2D eigenvalue weighted by atomic mass is 10.0. The molecule has 0 radical (unpaired) electrons. The maximum absolute atomic E-state index is 13.4. The van der Waals surface area contributed by atoms with Crippen LogP contribution >= 0.6 is 0 Å². The number of benzene rings is 1. The molecule has 14 heavy (non-hydrogen) atoms. The van der Waals surface area contributed by atoms with Crippen molar-refractivity contribution in [1.82, 2.24) is 0 Å². The maximum Gasteiger partial charge on any atom is 0.147 e. The number of anilines is 1. The van der Waals surface area contributed by atoms with Crippen molar-refractivity contribution in [3.8, 4) is 0 Å². The topological polar surface area (TPSA) is 35.9 Å². The van der Waals surface area contributed by atoms with Gasteiger partial charge >= 0.3 is 0 Å². The molecule has 0 aliphatic heterocycles. The first-order valence-electron chi connectivity index (χ1n) is 4.65. The highest BCUT2D eigenvalue weighted by molar-refractivity contribution is 6.03. The Kier molecular flexibility index (Phi) is 3.23. The molecule has 1 aromatic carbocycles. The summed E-state index contributed by atoms with van der Waals surface area (Å²) < 4.78 is 13.4. The second kappa shape index (κ2) is 4.22. The zero-order valence-electron chi connectivity index (χ0n) is 8.74. The van der Waals surface area contributed by atoms with Crippen LogP contribution in [0.3, 0.4) is 0 Å². The van der Waals surface area contributed by atoms with Crippen LogP contribution in [0.1, 0.15) is 24.5 Å². The molecule has 3 heteroatoms. The van der Waals surface area contributed by atoms with Gasteiger partial charge in [0.25, 0.3) is 0 Å². The molecule has 0 aromatic heterocycles. The maximum atomic E-state index is 13.4. The van der Waals surface area contributed by atoms with Gasteiger partial charge in [0, 0.05) is 18.3 Å². The van der Waals surface area contributed by atoms with Crippen molar-refractivity contribution < 1.29 is 4.39 Å². The average molecular weight is 194 g/mol. The van der Waals surface area contributed by atoms with Crippen molar-refractivity contribution >= 4 is 11.4 Å². The van der Waals surface area contributed by atoms with E-state index >= 15 is 0 Å². The van der Waals surface area contributed by atoms with Crippen molar-refractivity contribution in [2.45, 2.75) is 20.3 Å². The molecule has 0 atom stereocenters. The predicted molar refractivity (Wildman–Crippen MR) is 57.8 cm³/mol. The van der Waals surface area contributed by atoms with Crippen LogP contribution in [0.2, 0.25) is 0 Å². The lowest BCUT2D eigenvalue weighted by molar-refractivity contribution is 0.630. The Morgan fingerprint density at radius 3 is 2.64 bits per heavy atom. The van der Waals surface area contributed by atoms with Gasteiger partial charge in [-0.25, -0.2) is 4.39 Å². The summed E-state index contributed by atoms with van der Waals surface area (Å²) >= 11 is 0. The van der Waals surface area contributed by atoms with E-state index in [0.717, 1.165) is 5.56 Å². The molecule has 0 fully saturated rings. The Balaban J connectivity index is 3.32. The Morgan fingerprint density at radius 1 is 1.50 bits per heavy atom. The van der Waals surface area contributed by atoms with E-state index in [0.29, 0.717) is 23.4 Å². The smallest absolute Gasteiger partial charge is 0.147 e.